The summed E-state index contributed by atoms with van der Waals surface area (Å²) in [5, 5.41) is 8.80. The number of nitrogens with two attached hydrogens (primary N) is 1. The Kier molecular flexibility index (Phi) is 3.30. The maximum atomic E-state index is 10.7. The van der Waals surface area contributed by atoms with Gasteiger partial charge in [0, 0.05) is 6.04 Å². The zero-order valence-electron chi connectivity index (χ0n) is 7.08. The lowest BCUT2D eigenvalue weighted by Crippen LogP contribution is -2.18. The van der Waals surface area contributed by atoms with Gasteiger partial charge in [-0.3, -0.25) is 0 Å². The third kappa shape index (κ3) is 2.69. The van der Waals surface area contributed by atoms with Crippen LogP contribution in [0, 0.1) is 0 Å². The summed E-state index contributed by atoms with van der Waals surface area (Å²) in [5.41, 5.74) is 6.29. The molecule has 3 N–H and O–H groups in total. The fraction of sp³-hybridized carbons (Fsp3) is 0.375. The number of carboxylic acids is 1. The molecule has 0 radical (unpaired) electrons. The van der Waals surface area contributed by atoms with E-state index >= 15 is 0 Å². The molecule has 0 aromatic carbocycles. The quantitative estimate of drug-likeness (QED) is 0.817. The van der Waals surface area contributed by atoms with Crippen LogP contribution >= 0.6 is 22.9 Å². The molecule has 72 valence electrons. The maximum Gasteiger partial charge on any atom is 0.346 e. The predicted octanol–water partition coefficient (Wildman–Crippen LogP) is 1.99. The molecule has 0 saturated heterocycles. The second-order valence-electron chi connectivity index (χ2n) is 2.89. The Balaban J connectivity index is 2.97. The number of aromatic carboxylic acids is 1. The fourth-order valence-electron chi connectivity index (χ4n) is 1.07. The van der Waals surface area contributed by atoms with E-state index in [4.69, 9.17) is 22.4 Å². The van der Waals surface area contributed by atoms with Crippen molar-refractivity contribution < 1.29 is 9.90 Å². The zero-order chi connectivity index (χ0) is 10.0. The molecule has 0 spiro atoms. The minimum absolute atomic E-state index is 0.0521. The smallest absolute Gasteiger partial charge is 0.346 e. The van der Waals surface area contributed by atoms with Crippen molar-refractivity contribution in [2.45, 2.75) is 19.4 Å². The van der Waals surface area contributed by atoms with Gasteiger partial charge in [0.25, 0.3) is 0 Å². The SMILES string of the molecule is CC(N)Cc1cc(Cl)sc1C(=O)O. The average molecular weight is 220 g/mol. The van der Waals surface area contributed by atoms with Crippen molar-refractivity contribution in [2.75, 3.05) is 0 Å². The Bertz CT molecular complexity index is 322. The monoisotopic (exact) mass is 219 g/mol. The molecule has 3 nitrogen and oxygen atoms in total. The summed E-state index contributed by atoms with van der Waals surface area (Å²) in [4.78, 5) is 11.0. The molecule has 0 aliphatic rings. The number of hydrogen-bond donors (Lipinski definition) is 2. The molecule has 1 unspecified atom stereocenters. The van der Waals surface area contributed by atoms with Gasteiger partial charge < -0.3 is 10.8 Å². The third-order valence-corrected chi connectivity index (χ3v) is 2.81. The van der Waals surface area contributed by atoms with E-state index in [0.717, 1.165) is 16.9 Å². The minimum Gasteiger partial charge on any atom is -0.477 e. The summed E-state index contributed by atoms with van der Waals surface area (Å²) in [6, 6.07) is 1.61. The molecule has 1 aromatic heterocycles. The Morgan fingerprint density at radius 2 is 2.46 bits per heavy atom. The van der Waals surface area contributed by atoms with Gasteiger partial charge in [0.15, 0.2) is 0 Å². The summed E-state index contributed by atoms with van der Waals surface area (Å²) < 4.78 is 0.494. The molecule has 0 aliphatic heterocycles. The van der Waals surface area contributed by atoms with Crippen molar-refractivity contribution in [1.29, 1.82) is 0 Å². The second kappa shape index (κ2) is 4.09. The van der Waals surface area contributed by atoms with Crippen molar-refractivity contribution in [3.05, 3.63) is 20.8 Å². The highest BCUT2D eigenvalue weighted by Crippen LogP contribution is 2.27. The molecule has 0 saturated carbocycles. The lowest BCUT2D eigenvalue weighted by molar-refractivity contribution is 0.0701. The summed E-state index contributed by atoms with van der Waals surface area (Å²) in [5.74, 6) is -0.937. The molecular formula is C8H10ClNO2S. The van der Waals surface area contributed by atoms with Crippen molar-refractivity contribution >= 4 is 28.9 Å². The average Bonchev–Trinajstić information content (AvgIpc) is 2.29. The van der Waals surface area contributed by atoms with Crippen LogP contribution in [0.4, 0.5) is 0 Å². The van der Waals surface area contributed by atoms with Crippen LogP contribution < -0.4 is 5.73 Å². The molecule has 1 aromatic rings. The summed E-state index contributed by atoms with van der Waals surface area (Å²) in [6.07, 6.45) is 0.546. The normalized spacial score (nSPS) is 12.8. The highest BCUT2D eigenvalue weighted by Gasteiger charge is 2.15. The van der Waals surface area contributed by atoms with Gasteiger partial charge >= 0.3 is 5.97 Å². The molecule has 1 heterocycles. The van der Waals surface area contributed by atoms with Gasteiger partial charge in [0.1, 0.15) is 4.88 Å². The summed E-state index contributed by atoms with van der Waals surface area (Å²) in [6.45, 7) is 1.83. The highest BCUT2D eigenvalue weighted by molar-refractivity contribution is 7.18. The standard InChI is InChI=1S/C8H10ClNO2S/c1-4(10)2-5-3-6(9)13-7(5)8(11)12/h3-4H,2,10H2,1H3,(H,11,12). The van der Waals surface area contributed by atoms with Crippen molar-refractivity contribution in [2.24, 2.45) is 5.73 Å². The van der Waals surface area contributed by atoms with Crippen LogP contribution in [0.5, 0.6) is 0 Å². The van der Waals surface area contributed by atoms with Crippen molar-refractivity contribution in [3.63, 3.8) is 0 Å². The van der Waals surface area contributed by atoms with E-state index in [0.29, 0.717) is 15.6 Å². The van der Waals surface area contributed by atoms with E-state index in [2.05, 4.69) is 0 Å². The molecule has 0 aliphatic carbocycles. The maximum absolute atomic E-state index is 10.7. The lowest BCUT2D eigenvalue weighted by Gasteiger charge is -2.02. The van der Waals surface area contributed by atoms with Crippen LogP contribution in [0.1, 0.15) is 22.2 Å². The van der Waals surface area contributed by atoms with Crippen LogP contribution in [-0.2, 0) is 6.42 Å². The van der Waals surface area contributed by atoms with E-state index in [-0.39, 0.29) is 6.04 Å². The number of rotatable bonds is 3. The Labute approximate surface area is 85.1 Å². The van der Waals surface area contributed by atoms with E-state index in [1.165, 1.54) is 0 Å². The van der Waals surface area contributed by atoms with Crippen molar-refractivity contribution in [1.82, 2.24) is 0 Å². The van der Waals surface area contributed by atoms with E-state index < -0.39 is 5.97 Å². The largest absolute Gasteiger partial charge is 0.477 e. The lowest BCUT2D eigenvalue weighted by atomic mass is 10.1. The first-order valence-electron chi connectivity index (χ1n) is 3.77. The van der Waals surface area contributed by atoms with Gasteiger partial charge in [-0.25, -0.2) is 4.79 Å². The molecular weight excluding hydrogens is 210 g/mol. The summed E-state index contributed by atoms with van der Waals surface area (Å²) in [7, 11) is 0. The molecule has 1 atom stereocenters. The Morgan fingerprint density at radius 1 is 1.85 bits per heavy atom. The number of halogens is 1. The predicted molar refractivity (Wildman–Crippen MR) is 53.6 cm³/mol. The van der Waals surface area contributed by atoms with Crippen molar-refractivity contribution in [3.8, 4) is 0 Å². The van der Waals surface area contributed by atoms with Gasteiger partial charge in [-0.05, 0) is 25.0 Å². The van der Waals surface area contributed by atoms with Crippen LogP contribution in [0.15, 0.2) is 6.07 Å². The number of carbonyl (C=O) groups is 1. The fourth-order valence-corrected chi connectivity index (χ4v) is 2.19. The number of carboxylic acid groups (broad SMARTS) is 1. The number of thiophene rings is 1. The third-order valence-electron chi connectivity index (χ3n) is 1.52. The van der Waals surface area contributed by atoms with Gasteiger partial charge in [-0.15, -0.1) is 11.3 Å². The van der Waals surface area contributed by atoms with E-state index in [9.17, 15) is 4.79 Å². The van der Waals surface area contributed by atoms with Gasteiger partial charge in [0.05, 0.1) is 4.34 Å². The van der Waals surface area contributed by atoms with Crippen LogP contribution in [0.2, 0.25) is 4.34 Å². The van der Waals surface area contributed by atoms with Gasteiger partial charge in [-0.2, -0.15) is 0 Å². The first-order chi connectivity index (χ1) is 6.00. The molecule has 0 fully saturated rings. The van der Waals surface area contributed by atoms with Gasteiger partial charge in [-0.1, -0.05) is 11.6 Å². The second-order valence-corrected chi connectivity index (χ2v) is 4.57. The highest BCUT2D eigenvalue weighted by atomic mass is 35.5. The first kappa shape index (κ1) is 10.5. The molecule has 13 heavy (non-hydrogen) atoms. The Morgan fingerprint density at radius 3 is 2.92 bits per heavy atom. The topological polar surface area (TPSA) is 63.3 Å². The van der Waals surface area contributed by atoms with Crippen LogP contribution in [-0.4, -0.2) is 17.1 Å². The molecule has 5 heteroatoms. The first-order valence-corrected chi connectivity index (χ1v) is 4.97. The van der Waals surface area contributed by atoms with E-state index in [1.807, 2.05) is 6.92 Å². The minimum atomic E-state index is -0.937. The van der Waals surface area contributed by atoms with Gasteiger partial charge in [0.2, 0.25) is 0 Å². The van der Waals surface area contributed by atoms with Crippen LogP contribution in [0.25, 0.3) is 0 Å². The zero-order valence-corrected chi connectivity index (χ0v) is 8.65. The molecule has 1 rings (SSSR count). The molecule has 0 amide bonds. The summed E-state index contributed by atoms with van der Waals surface area (Å²) >= 11 is 6.78. The van der Waals surface area contributed by atoms with Crippen LogP contribution in [0.3, 0.4) is 0 Å². The number of hydrogen-bond acceptors (Lipinski definition) is 3. The Hall–Kier alpha value is -0.580. The molecule has 0 bridgehead atoms. The van der Waals surface area contributed by atoms with E-state index in [1.54, 1.807) is 6.07 Å².